The van der Waals surface area contributed by atoms with Crippen molar-refractivity contribution in [1.82, 2.24) is 14.9 Å². The molecule has 0 fully saturated rings. The Kier molecular flexibility index (Phi) is 8.60. The Hall–Kier alpha value is -3.95. The molecule has 0 aliphatic carbocycles. The van der Waals surface area contributed by atoms with E-state index in [9.17, 15) is 4.79 Å². The molecule has 2 aromatic heterocycles. The maximum absolute atomic E-state index is 12.3. The van der Waals surface area contributed by atoms with Crippen LogP contribution >= 0.6 is 11.3 Å². The number of carbonyl (C=O) groups excluding carboxylic acids is 1. The average Bonchev–Trinajstić information content (AvgIpc) is 3.40. The van der Waals surface area contributed by atoms with Crippen LogP contribution in [0.1, 0.15) is 12.5 Å². The molecule has 0 unspecified atom stereocenters. The number of methoxy groups -OCH3 is 1. The number of ether oxygens (including phenoxy) is 1. The van der Waals surface area contributed by atoms with Gasteiger partial charge in [0.05, 0.1) is 29.9 Å². The lowest BCUT2D eigenvalue weighted by Gasteiger charge is -2.26. The zero-order valence-electron chi connectivity index (χ0n) is 22.5. The summed E-state index contributed by atoms with van der Waals surface area (Å²) >= 11 is 1.57. The van der Waals surface area contributed by atoms with E-state index in [1.54, 1.807) is 18.4 Å². The molecule has 0 atom stereocenters. The van der Waals surface area contributed by atoms with Crippen molar-refractivity contribution in [2.75, 3.05) is 56.9 Å². The highest BCUT2D eigenvalue weighted by atomic mass is 32.1. The van der Waals surface area contributed by atoms with Crippen LogP contribution in [0.2, 0.25) is 0 Å². The van der Waals surface area contributed by atoms with Crippen LogP contribution in [0.5, 0.6) is 5.75 Å². The highest BCUT2D eigenvalue weighted by Crippen LogP contribution is 2.39. The number of nitrogens with zero attached hydrogens (tertiary/aromatic N) is 4. The molecule has 2 heterocycles. The number of aryl methyl sites for hydroxylation is 1. The second-order valence-corrected chi connectivity index (χ2v) is 10.1. The smallest absolute Gasteiger partial charge is 0.247 e. The summed E-state index contributed by atoms with van der Waals surface area (Å²) in [5.74, 6) is 0.764. The van der Waals surface area contributed by atoms with Gasteiger partial charge in [0.2, 0.25) is 11.9 Å². The molecule has 0 aliphatic heterocycles. The zero-order chi connectivity index (χ0) is 27.2. The van der Waals surface area contributed by atoms with Gasteiger partial charge in [-0.25, -0.2) is 9.97 Å². The van der Waals surface area contributed by atoms with Gasteiger partial charge < -0.3 is 25.2 Å². The van der Waals surface area contributed by atoms with Gasteiger partial charge in [0.15, 0.2) is 0 Å². The highest BCUT2D eigenvalue weighted by molar-refractivity contribution is 7.16. The monoisotopic (exact) mass is 530 g/mol. The Morgan fingerprint density at radius 3 is 2.63 bits per heavy atom. The summed E-state index contributed by atoms with van der Waals surface area (Å²) in [6.07, 6.45) is 2.20. The number of carbonyl (C=O) groups is 1. The number of benzene rings is 2. The number of hydrogen-bond donors (Lipinski definition) is 2. The number of anilines is 4. The number of nitrogens with one attached hydrogen (secondary N) is 2. The van der Waals surface area contributed by atoms with Gasteiger partial charge in [-0.1, -0.05) is 31.7 Å². The van der Waals surface area contributed by atoms with Crippen molar-refractivity contribution >= 4 is 50.5 Å². The van der Waals surface area contributed by atoms with Crippen molar-refractivity contribution in [3.8, 4) is 17.0 Å². The lowest BCUT2D eigenvalue weighted by atomic mass is 10.0. The number of fused-ring (bicyclic) bond motifs is 1. The summed E-state index contributed by atoms with van der Waals surface area (Å²) in [5.41, 5.74) is 5.26. The van der Waals surface area contributed by atoms with Crippen LogP contribution in [0.3, 0.4) is 0 Å². The fourth-order valence-corrected chi connectivity index (χ4v) is 4.86. The molecule has 0 bridgehead atoms. The number of thiophene rings is 1. The van der Waals surface area contributed by atoms with E-state index in [0.29, 0.717) is 23.1 Å². The predicted octanol–water partition coefficient (Wildman–Crippen LogP) is 5.80. The number of amides is 1. The van der Waals surface area contributed by atoms with Crippen LogP contribution in [0.4, 0.5) is 23.0 Å². The Labute approximate surface area is 228 Å². The Bertz CT molecular complexity index is 1450. The van der Waals surface area contributed by atoms with Gasteiger partial charge >= 0.3 is 0 Å². The Morgan fingerprint density at radius 2 is 1.92 bits per heavy atom. The molecule has 0 spiro atoms. The molecule has 2 aromatic carbocycles. The zero-order valence-corrected chi connectivity index (χ0v) is 23.4. The van der Waals surface area contributed by atoms with Crippen molar-refractivity contribution in [2.24, 2.45) is 0 Å². The minimum atomic E-state index is -0.294. The van der Waals surface area contributed by atoms with Gasteiger partial charge in [0.25, 0.3) is 0 Å². The largest absolute Gasteiger partial charge is 0.494 e. The predicted molar refractivity (Wildman–Crippen MR) is 159 cm³/mol. The molecular formula is C29H34N6O2S. The third-order valence-corrected chi connectivity index (χ3v) is 7.04. The molecule has 2 N–H and O–H groups in total. The first-order valence-electron chi connectivity index (χ1n) is 12.5. The van der Waals surface area contributed by atoms with E-state index < -0.39 is 0 Å². The van der Waals surface area contributed by atoms with E-state index in [-0.39, 0.29) is 5.91 Å². The number of rotatable bonds is 11. The third kappa shape index (κ3) is 6.12. The van der Waals surface area contributed by atoms with Crippen LogP contribution in [-0.2, 0) is 11.2 Å². The fourth-order valence-electron chi connectivity index (χ4n) is 4.10. The van der Waals surface area contributed by atoms with Gasteiger partial charge in [0, 0.05) is 37.2 Å². The molecule has 38 heavy (non-hydrogen) atoms. The van der Waals surface area contributed by atoms with Crippen molar-refractivity contribution in [3.05, 3.63) is 66.1 Å². The van der Waals surface area contributed by atoms with Crippen LogP contribution < -0.4 is 20.3 Å². The van der Waals surface area contributed by atoms with Crippen molar-refractivity contribution in [1.29, 1.82) is 0 Å². The van der Waals surface area contributed by atoms with E-state index in [2.05, 4.69) is 64.3 Å². The first-order chi connectivity index (χ1) is 18.3. The van der Waals surface area contributed by atoms with Crippen LogP contribution in [0.25, 0.3) is 21.5 Å². The van der Waals surface area contributed by atoms with Crippen molar-refractivity contribution in [2.45, 2.75) is 13.3 Å². The quantitative estimate of drug-likeness (QED) is 0.237. The summed E-state index contributed by atoms with van der Waals surface area (Å²) < 4.78 is 5.75. The molecular weight excluding hydrogens is 496 g/mol. The molecule has 198 valence electrons. The molecule has 0 saturated heterocycles. The van der Waals surface area contributed by atoms with E-state index in [4.69, 9.17) is 14.7 Å². The van der Waals surface area contributed by atoms with Crippen molar-refractivity contribution in [3.63, 3.8) is 0 Å². The molecule has 4 rings (SSSR count). The van der Waals surface area contributed by atoms with Gasteiger partial charge in [-0.15, -0.1) is 11.3 Å². The lowest BCUT2D eigenvalue weighted by molar-refractivity contribution is -0.111. The first kappa shape index (κ1) is 27.1. The molecule has 8 nitrogen and oxygen atoms in total. The highest BCUT2D eigenvalue weighted by Gasteiger charge is 2.18. The van der Waals surface area contributed by atoms with Crippen LogP contribution in [0.15, 0.2) is 60.5 Å². The number of likely N-dealkylation sites (N-methyl/N-ethyl adjacent to an activating group) is 2. The fraction of sp³-hybridized carbons (Fsp3) is 0.276. The molecule has 0 saturated carbocycles. The molecule has 9 heteroatoms. The van der Waals surface area contributed by atoms with E-state index >= 15 is 0 Å². The maximum atomic E-state index is 12.3. The molecule has 1 amide bonds. The average molecular weight is 531 g/mol. The summed E-state index contributed by atoms with van der Waals surface area (Å²) in [4.78, 5) is 27.0. The molecule has 4 aromatic rings. The number of hydrogen-bond acceptors (Lipinski definition) is 8. The molecule has 0 aliphatic rings. The second-order valence-electron chi connectivity index (χ2n) is 9.20. The summed E-state index contributed by atoms with van der Waals surface area (Å²) in [7, 11) is 7.66. The second kappa shape index (κ2) is 12.1. The standard InChI is InChI=1S/C29H34N6O2S/c1-7-19-10-9-11-20(16-19)27-21-12-15-38-28(21)33-29(32-27)31-23-17-22(30-26(36)8-2)24(18-25(23)37-6)35(5)14-13-34(3)4/h8-12,15-18H,2,7,13-14H2,1,3-6H3,(H,30,36)(H,31,32,33). The summed E-state index contributed by atoms with van der Waals surface area (Å²) in [5, 5.41) is 9.32. The van der Waals surface area contributed by atoms with Gasteiger partial charge in [-0.05, 0) is 55.7 Å². The Morgan fingerprint density at radius 1 is 1.11 bits per heavy atom. The topological polar surface area (TPSA) is 82.6 Å². The van der Waals surface area contributed by atoms with Crippen LogP contribution in [0, 0.1) is 0 Å². The number of aromatic nitrogens is 2. The summed E-state index contributed by atoms with van der Waals surface area (Å²) in [6.45, 7) is 7.35. The third-order valence-electron chi connectivity index (χ3n) is 6.24. The van der Waals surface area contributed by atoms with E-state index in [1.165, 1.54) is 11.6 Å². The lowest BCUT2D eigenvalue weighted by Crippen LogP contribution is -2.29. The Balaban J connectivity index is 1.77. The van der Waals surface area contributed by atoms with Gasteiger partial charge in [0.1, 0.15) is 10.6 Å². The SMILES string of the molecule is C=CC(=O)Nc1cc(Nc2nc(-c3cccc(CC)c3)c3ccsc3n2)c(OC)cc1N(C)CCN(C)C. The molecule has 0 radical (unpaired) electrons. The van der Waals surface area contributed by atoms with E-state index in [1.807, 2.05) is 38.7 Å². The first-order valence-corrected chi connectivity index (χ1v) is 13.3. The maximum Gasteiger partial charge on any atom is 0.247 e. The minimum Gasteiger partial charge on any atom is -0.494 e. The van der Waals surface area contributed by atoms with E-state index in [0.717, 1.165) is 46.7 Å². The normalized spacial score (nSPS) is 11.0. The summed E-state index contributed by atoms with van der Waals surface area (Å²) in [6, 6.07) is 14.2. The van der Waals surface area contributed by atoms with Crippen molar-refractivity contribution < 1.29 is 9.53 Å². The minimum absolute atomic E-state index is 0.294. The van der Waals surface area contributed by atoms with Gasteiger partial charge in [-0.2, -0.15) is 0 Å². The van der Waals surface area contributed by atoms with Gasteiger partial charge in [-0.3, -0.25) is 4.79 Å². The van der Waals surface area contributed by atoms with Crippen LogP contribution in [-0.4, -0.2) is 62.1 Å².